The average molecular weight is 396 g/mol. The largest absolute Gasteiger partial charge is 0.354 e. The minimum absolute atomic E-state index is 0.0186. The second kappa shape index (κ2) is 8.71. The maximum atomic E-state index is 12.9. The Labute approximate surface area is 163 Å². The lowest BCUT2D eigenvalue weighted by Gasteiger charge is -2.32. The fraction of sp³-hybridized carbons (Fsp3) is 0.650. The highest BCUT2D eigenvalue weighted by molar-refractivity contribution is 7.89. The normalized spacial score (nSPS) is 17.1. The third-order valence-electron chi connectivity index (χ3n) is 5.96. The van der Waals surface area contributed by atoms with E-state index in [-0.39, 0.29) is 17.4 Å². The van der Waals surface area contributed by atoms with Crippen molar-refractivity contribution < 1.29 is 13.2 Å². The molecule has 0 spiro atoms. The van der Waals surface area contributed by atoms with Crippen molar-refractivity contribution in [2.45, 2.75) is 63.8 Å². The Kier molecular flexibility index (Phi) is 7.05. The van der Waals surface area contributed by atoms with Crippen LogP contribution in [-0.4, -0.2) is 43.8 Å². The SMILES string of the molecule is CCC(N)(CC)CNC(=O)C1CCN(S(=O)(=O)c2ccc(C)c(C)c2)CC1. The van der Waals surface area contributed by atoms with Gasteiger partial charge in [0.05, 0.1) is 4.90 Å². The fourth-order valence-corrected chi connectivity index (χ4v) is 4.84. The molecule has 0 aliphatic carbocycles. The molecular weight excluding hydrogens is 362 g/mol. The molecule has 27 heavy (non-hydrogen) atoms. The first-order valence-electron chi connectivity index (χ1n) is 9.77. The summed E-state index contributed by atoms with van der Waals surface area (Å²) in [7, 11) is -3.51. The highest BCUT2D eigenvalue weighted by Crippen LogP contribution is 2.25. The second-order valence-corrected chi connectivity index (χ2v) is 9.65. The number of benzene rings is 1. The van der Waals surface area contributed by atoms with E-state index < -0.39 is 10.0 Å². The van der Waals surface area contributed by atoms with Gasteiger partial charge in [0.25, 0.3) is 0 Å². The summed E-state index contributed by atoms with van der Waals surface area (Å²) in [6.45, 7) is 9.10. The van der Waals surface area contributed by atoms with Gasteiger partial charge in [0.1, 0.15) is 0 Å². The number of nitrogens with two attached hydrogens (primary N) is 1. The Morgan fingerprint density at radius 1 is 1.19 bits per heavy atom. The molecule has 7 heteroatoms. The summed E-state index contributed by atoms with van der Waals surface area (Å²) in [5.41, 5.74) is 7.90. The molecular formula is C20H33N3O3S. The molecule has 1 heterocycles. The first kappa shape index (κ1) is 21.9. The lowest BCUT2D eigenvalue weighted by molar-refractivity contribution is -0.126. The Balaban J connectivity index is 1.96. The van der Waals surface area contributed by atoms with Crippen molar-refractivity contribution >= 4 is 15.9 Å². The van der Waals surface area contributed by atoms with E-state index >= 15 is 0 Å². The van der Waals surface area contributed by atoms with Crippen molar-refractivity contribution in [3.8, 4) is 0 Å². The van der Waals surface area contributed by atoms with Crippen LogP contribution >= 0.6 is 0 Å². The van der Waals surface area contributed by atoms with Gasteiger partial charge in [-0.25, -0.2) is 8.42 Å². The molecule has 0 bridgehead atoms. The summed E-state index contributed by atoms with van der Waals surface area (Å²) >= 11 is 0. The molecule has 0 radical (unpaired) electrons. The molecule has 3 N–H and O–H groups in total. The lowest BCUT2D eigenvalue weighted by atomic mass is 9.93. The number of carbonyl (C=O) groups excluding carboxylic acids is 1. The second-order valence-electron chi connectivity index (χ2n) is 7.71. The van der Waals surface area contributed by atoms with Crippen LogP contribution in [0, 0.1) is 19.8 Å². The third kappa shape index (κ3) is 5.09. The van der Waals surface area contributed by atoms with Gasteiger partial charge in [-0.1, -0.05) is 19.9 Å². The smallest absolute Gasteiger partial charge is 0.243 e. The predicted molar refractivity (Wildman–Crippen MR) is 108 cm³/mol. The van der Waals surface area contributed by atoms with Crippen molar-refractivity contribution in [3.63, 3.8) is 0 Å². The number of aryl methyl sites for hydroxylation is 2. The molecule has 1 fully saturated rings. The average Bonchev–Trinajstić information content (AvgIpc) is 2.68. The van der Waals surface area contributed by atoms with Gasteiger partial charge in [-0.05, 0) is 62.8 Å². The monoisotopic (exact) mass is 395 g/mol. The zero-order valence-electron chi connectivity index (χ0n) is 16.9. The summed E-state index contributed by atoms with van der Waals surface area (Å²) in [6, 6.07) is 5.22. The molecule has 1 aliphatic rings. The van der Waals surface area contributed by atoms with E-state index in [0.717, 1.165) is 24.0 Å². The summed E-state index contributed by atoms with van der Waals surface area (Å²) in [6.07, 6.45) is 2.67. The Morgan fingerprint density at radius 3 is 2.30 bits per heavy atom. The highest BCUT2D eigenvalue weighted by atomic mass is 32.2. The van der Waals surface area contributed by atoms with Crippen LogP contribution < -0.4 is 11.1 Å². The van der Waals surface area contributed by atoms with Crippen LogP contribution in [0.4, 0.5) is 0 Å². The van der Waals surface area contributed by atoms with E-state index in [4.69, 9.17) is 5.73 Å². The molecule has 152 valence electrons. The van der Waals surface area contributed by atoms with Gasteiger partial charge in [-0.2, -0.15) is 4.31 Å². The van der Waals surface area contributed by atoms with Crippen LogP contribution in [0.1, 0.15) is 50.7 Å². The van der Waals surface area contributed by atoms with Crippen LogP contribution in [0.2, 0.25) is 0 Å². The topological polar surface area (TPSA) is 92.5 Å². The van der Waals surface area contributed by atoms with E-state index in [9.17, 15) is 13.2 Å². The molecule has 0 unspecified atom stereocenters. The summed E-state index contributed by atoms with van der Waals surface area (Å²) < 4.78 is 27.2. The minimum atomic E-state index is -3.51. The van der Waals surface area contributed by atoms with E-state index in [1.54, 1.807) is 12.1 Å². The molecule has 2 rings (SSSR count). The van der Waals surface area contributed by atoms with E-state index in [1.807, 2.05) is 33.8 Å². The zero-order valence-corrected chi connectivity index (χ0v) is 17.7. The number of hydrogen-bond acceptors (Lipinski definition) is 4. The molecule has 6 nitrogen and oxygen atoms in total. The van der Waals surface area contributed by atoms with Crippen LogP contribution in [0.25, 0.3) is 0 Å². The number of nitrogens with one attached hydrogen (secondary N) is 1. The highest BCUT2D eigenvalue weighted by Gasteiger charge is 2.33. The molecule has 0 saturated carbocycles. The van der Waals surface area contributed by atoms with Gasteiger partial charge >= 0.3 is 0 Å². The Morgan fingerprint density at radius 2 is 1.78 bits per heavy atom. The maximum absolute atomic E-state index is 12.9. The molecule has 1 aliphatic heterocycles. The maximum Gasteiger partial charge on any atom is 0.243 e. The standard InChI is InChI=1S/C20H33N3O3S/c1-5-20(21,6-2)14-22-19(24)17-9-11-23(12-10-17)27(25,26)18-8-7-15(3)16(4)13-18/h7-8,13,17H,5-6,9-12,14,21H2,1-4H3,(H,22,24). The molecule has 0 aromatic heterocycles. The number of hydrogen-bond donors (Lipinski definition) is 2. The number of amides is 1. The van der Waals surface area contributed by atoms with Gasteiger partial charge in [0.2, 0.25) is 15.9 Å². The number of carbonyl (C=O) groups is 1. The molecule has 1 amide bonds. The van der Waals surface area contributed by atoms with Crippen LogP contribution in [0.5, 0.6) is 0 Å². The van der Waals surface area contributed by atoms with Gasteiger partial charge in [0.15, 0.2) is 0 Å². The summed E-state index contributed by atoms with van der Waals surface area (Å²) in [5, 5.41) is 2.96. The van der Waals surface area contributed by atoms with Gasteiger partial charge in [-0.3, -0.25) is 4.79 Å². The van der Waals surface area contributed by atoms with Crippen LogP contribution in [0.3, 0.4) is 0 Å². The molecule has 1 saturated heterocycles. The van der Waals surface area contributed by atoms with Crippen LogP contribution in [-0.2, 0) is 14.8 Å². The van der Waals surface area contributed by atoms with E-state index in [1.165, 1.54) is 4.31 Å². The van der Waals surface area contributed by atoms with Crippen molar-refractivity contribution in [2.24, 2.45) is 11.7 Å². The van der Waals surface area contributed by atoms with Gasteiger partial charge < -0.3 is 11.1 Å². The Hall–Kier alpha value is -1.44. The Bertz CT molecular complexity index is 765. The quantitative estimate of drug-likeness (QED) is 0.741. The minimum Gasteiger partial charge on any atom is -0.354 e. The number of piperidine rings is 1. The van der Waals surface area contributed by atoms with E-state index in [0.29, 0.717) is 37.4 Å². The predicted octanol–water partition coefficient (Wildman–Crippen LogP) is 2.34. The number of rotatable bonds is 7. The summed E-state index contributed by atoms with van der Waals surface area (Å²) in [5.74, 6) is -0.177. The first-order valence-corrected chi connectivity index (χ1v) is 11.2. The molecule has 0 atom stereocenters. The van der Waals surface area contributed by atoms with E-state index in [2.05, 4.69) is 5.32 Å². The summed E-state index contributed by atoms with van der Waals surface area (Å²) in [4.78, 5) is 12.8. The third-order valence-corrected chi connectivity index (χ3v) is 7.86. The molecule has 1 aromatic carbocycles. The lowest BCUT2D eigenvalue weighted by Crippen LogP contribution is -2.51. The van der Waals surface area contributed by atoms with Crippen LogP contribution in [0.15, 0.2) is 23.1 Å². The van der Waals surface area contributed by atoms with Crippen molar-refractivity contribution in [1.82, 2.24) is 9.62 Å². The molecule has 1 aromatic rings. The van der Waals surface area contributed by atoms with Crippen molar-refractivity contribution in [1.29, 1.82) is 0 Å². The number of sulfonamides is 1. The fourth-order valence-electron chi connectivity index (χ4n) is 3.29. The van der Waals surface area contributed by atoms with Gasteiger partial charge in [0, 0.05) is 31.1 Å². The first-order chi connectivity index (χ1) is 12.6. The van der Waals surface area contributed by atoms with Gasteiger partial charge in [-0.15, -0.1) is 0 Å². The van der Waals surface area contributed by atoms with Crippen molar-refractivity contribution in [3.05, 3.63) is 29.3 Å². The number of nitrogens with zero attached hydrogens (tertiary/aromatic N) is 1. The zero-order chi connectivity index (χ0) is 20.2. The van der Waals surface area contributed by atoms with Crippen molar-refractivity contribution in [2.75, 3.05) is 19.6 Å².